The van der Waals surface area contributed by atoms with Gasteiger partial charge >= 0.3 is 5.97 Å². The highest BCUT2D eigenvalue weighted by Gasteiger charge is 2.32. The van der Waals surface area contributed by atoms with E-state index in [0.717, 1.165) is 39.4 Å². The Labute approximate surface area is 335 Å². The van der Waals surface area contributed by atoms with Gasteiger partial charge < -0.3 is 34.6 Å². The van der Waals surface area contributed by atoms with Crippen molar-refractivity contribution in [3.63, 3.8) is 0 Å². The Morgan fingerprint density at radius 2 is 1.29 bits per heavy atom. The van der Waals surface area contributed by atoms with Crippen molar-refractivity contribution >= 4 is 29.2 Å². The van der Waals surface area contributed by atoms with Crippen LogP contribution in [0.5, 0.6) is 11.5 Å². The highest BCUT2D eigenvalue weighted by molar-refractivity contribution is 5.86. The van der Waals surface area contributed by atoms with Crippen molar-refractivity contribution in [2.24, 2.45) is 0 Å². The van der Waals surface area contributed by atoms with E-state index in [9.17, 15) is 14.4 Å². The Balaban J connectivity index is 0.864. The minimum atomic E-state index is -0.794. The number of para-hydroxylation sites is 4. The van der Waals surface area contributed by atoms with Gasteiger partial charge in [0.25, 0.3) is 11.8 Å². The molecular formula is C44H44N8O6. The monoisotopic (exact) mass is 780 g/mol. The van der Waals surface area contributed by atoms with Crippen molar-refractivity contribution in [2.75, 3.05) is 36.5 Å². The van der Waals surface area contributed by atoms with Crippen LogP contribution < -0.4 is 29.9 Å². The Morgan fingerprint density at radius 1 is 0.724 bits per heavy atom. The molecule has 2 amide bonds. The van der Waals surface area contributed by atoms with Crippen LogP contribution in [0.1, 0.15) is 23.6 Å². The van der Waals surface area contributed by atoms with Crippen LogP contribution in [0.2, 0.25) is 0 Å². The fourth-order valence-corrected chi connectivity index (χ4v) is 7.25. The summed E-state index contributed by atoms with van der Waals surface area (Å²) in [6.07, 6.45) is 6.58. The van der Waals surface area contributed by atoms with Gasteiger partial charge in [-0.05, 0) is 84.6 Å². The molecule has 2 N–H and O–H groups in total. The number of esters is 1. The molecular weight excluding hydrogens is 737 g/mol. The molecule has 3 atom stereocenters. The van der Waals surface area contributed by atoms with Crippen molar-refractivity contribution in [3.8, 4) is 22.9 Å². The summed E-state index contributed by atoms with van der Waals surface area (Å²) in [5, 5.41) is 14.7. The third-order valence-corrected chi connectivity index (χ3v) is 10.2. The van der Waals surface area contributed by atoms with Crippen molar-refractivity contribution in [1.29, 1.82) is 0 Å². The first-order chi connectivity index (χ1) is 28.3. The van der Waals surface area contributed by atoms with E-state index in [-0.39, 0.29) is 24.4 Å². The van der Waals surface area contributed by atoms with Crippen molar-refractivity contribution in [3.05, 3.63) is 145 Å². The molecule has 14 heteroatoms. The van der Waals surface area contributed by atoms with Crippen molar-refractivity contribution in [2.45, 2.75) is 44.7 Å². The molecule has 296 valence electrons. The molecule has 2 aliphatic heterocycles. The van der Waals surface area contributed by atoms with Crippen LogP contribution in [0.4, 0.5) is 11.4 Å². The largest absolute Gasteiger partial charge is 0.477 e. The lowest BCUT2D eigenvalue weighted by molar-refractivity contribution is -0.142. The summed E-state index contributed by atoms with van der Waals surface area (Å²) < 4.78 is 20.5. The van der Waals surface area contributed by atoms with Crippen molar-refractivity contribution in [1.82, 2.24) is 30.2 Å². The first kappa shape index (κ1) is 37.8. The van der Waals surface area contributed by atoms with Crippen LogP contribution in [0.25, 0.3) is 11.4 Å². The molecule has 8 rings (SSSR count). The van der Waals surface area contributed by atoms with Crippen LogP contribution >= 0.6 is 0 Å². The maximum atomic E-state index is 13.6. The number of anilines is 2. The molecule has 0 radical (unpaired) electrons. The number of amides is 2. The number of nitrogens with one attached hydrogen (secondary N) is 2. The third-order valence-electron chi connectivity index (χ3n) is 10.2. The highest BCUT2D eigenvalue weighted by Crippen LogP contribution is 2.35. The number of carbonyl (C=O) groups is 3. The van der Waals surface area contributed by atoms with Crippen LogP contribution in [0, 0.1) is 0 Å². The lowest BCUT2D eigenvalue weighted by Crippen LogP contribution is -2.51. The fourth-order valence-electron chi connectivity index (χ4n) is 7.25. The van der Waals surface area contributed by atoms with Gasteiger partial charge in [-0.3, -0.25) is 14.4 Å². The Hall–Kier alpha value is -7.09. The van der Waals surface area contributed by atoms with Gasteiger partial charge in [-0.1, -0.05) is 48.5 Å². The maximum Gasteiger partial charge on any atom is 0.325 e. The highest BCUT2D eigenvalue weighted by atomic mass is 16.5. The summed E-state index contributed by atoms with van der Waals surface area (Å²) in [7, 11) is 1.27. The lowest BCUT2D eigenvalue weighted by Gasteiger charge is -2.36. The first-order valence-corrected chi connectivity index (χ1v) is 19.2. The molecule has 0 spiro atoms. The number of rotatable bonds is 13. The molecule has 0 aliphatic carbocycles. The summed E-state index contributed by atoms with van der Waals surface area (Å²) in [4.78, 5) is 42.3. The van der Waals surface area contributed by atoms with E-state index in [1.807, 2.05) is 126 Å². The maximum absolute atomic E-state index is 13.6. The number of methoxy groups -OCH3 is 1. The van der Waals surface area contributed by atoms with E-state index < -0.39 is 18.2 Å². The number of hydrogen-bond donors (Lipinski definition) is 2. The number of benzene rings is 4. The predicted octanol–water partition coefficient (Wildman–Crippen LogP) is 4.63. The van der Waals surface area contributed by atoms with Gasteiger partial charge in [0.05, 0.1) is 49.1 Å². The van der Waals surface area contributed by atoms with Gasteiger partial charge in [0, 0.05) is 37.7 Å². The second-order valence-electron chi connectivity index (χ2n) is 14.4. The second-order valence-corrected chi connectivity index (χ2v) is 14.4. The third kappa shape index (κ3) is 8.65. The minimum Gasteiger partial charge on any atom is -0.477 e. The smallest absolute Gasteiger partial charge is 0.325 e. The Morgan fingerprint density at radius 3 is 1.86 bits per heavy atom. The molecule has 6 aromatic rings. The van der Waals surface area contributed by atoms with Crippen molar-refractivity contribution < 1.29 is 28.6 Å². The molecule has 3 unspecified atom stereocenters. The number of fused-ring (bicyclic) bond motifs is 2. The SMILES string of the molecule is COC(=O)CNC(=O)C1CN(Cc2ccc(-n3cc(CC(C)NC(=O)C4CN(Cc5ccc(-n6cccn6)cc5)c5ccccc5O4)cn3)cc2)c2ccccc2O1. The van der Waals surface area contributed by atoms with Gasteiger partial charge in [0.15, 0.2) is 12.2 Å². The zero-order chi connectivity index (χ0) is 40.0. The molecule has 0 saturated carbocycles. The molecule has 2 aromatic heterocycles. The molecule has 4 aromatic carbocycles. The number of carbonyl (C=O) groups excluding carboxylic acids is 3. The quantitative estimate of drug-likeness (QED) is 0.159. The van der Waals surface area contributed by atoms with Crippen LogP contribution in [0.15, 0.2) is 128 Å². The predicted molar refractivity (Wildman–Crippen MR) is 217 cm³/mol. The Bertz CT molecular complexity index is 2360. The standard InChI is InChI=1S/C44H44N8O6/c1-30(48-44(55)41-29-50(37-9-4-6-11-39(37)58-41)26-31-12-16-34(17-13-31)51-21-7-20-46-51)22-33-23-47-52(27-33)35-18-14-32(15-19-35)25-49-28-40(43(54)45-24-42(53)56-2)57-38-10-5-3-8-36(38)49/h3-21,23,27,30,40-41H,22,24-26,28-29H2,1-2H3,(H,45,54)(H,48,55). The Kier molecular flexibility index (Phi) is 11.1. The number of aromatic nitrogens is 4. The van der Waals surface area contributed by atoms with Gasteiger partial charge in [0.1, 0.15) is 18.0 Å². The average Bonchev–Trinajstić information content (AvgIpc) is 3.97. The lowest BCUT2D eigenvalue weighted by atomic mass is 10.1. The summed E-state index contributed by atoms with van der Waals surface area (Å²) in [6.45, 7) is 3.64. The zero-order valence-corrected chi connectivity index (χ0v) is 32.2. The van der Waals surface area contributed by atoms with Crippen LogP contribution in [-0.4, -0.2) is 82.3 Å². The molecule has 2 aliphatic rings. The van der Waals surface area contributed by atoms with E-state index in [4.69, 9.17) is 9.47 Å². The average molecular weight is 781 g/mol. The summed E-state index contributed by atoms with van der Waals surface area (Å²) in [6, 6.07) is 33.5. The van der Waals surface area contributed by atoms with Gasteiger partial charge in [-0.15, -0.1) is 0 Å². The van der Waals surface area contributed by atoms with Crippen LogP contribution in [0.3, 0.4) is 0 Å². The molecule has 14 nitrogen and oxygen atoms in total. The van der Waals surface area contributed by atoms with E-state index in [2.05, 4.69) is 47.5 Å². The molecule has 0 bridgehead atoms. The topological polar surface area (TPSA) is 145 Å². The minimum absolute atomic E-state index is 0.167. The molecule has 0 saturated heterocycles. The normalized spacial score (nSPS) is 16.2. The van der Waals surface area contributed by atoms with Crippen LogP contribution in [-0.2, 0) is 38.6 Å². The number of ether oxygens (including phenoxy) is 3. The summed E-state index contributed by atoms with van der Waals surface area (Å²) in [5.41, 5.74) is 6.84. The molecule has 0 fully saturated rings. The zero-order valence-electron chi connectivity index (χ0n) is 32.2. The van der Waals surface area contributed by atoms with Gasteiger partial charge in [-0.25, -0.2) is 9.36 Å². The second kappa shape index (κ2) is 17.0. The number of nitrogens with zero attached hydrogens (tertiary/aromatic N) is 6. The van der Waals surface area contributed by atoms with Gasteiger partial charge in [0.2, 0.25) is 0 Å². The molecule has 58 heavy (non-hydrogen) atoms. The van der Waals surface area contributed by atoms with E-state index in [1.54, 1.807) is 6.20 Å². The summed E-state index contributed by atoms with van der Waals surface area (Å²) >= 11 is 0. The fraction of sp³-hybridized carbons (Fsp3) is 0.250. The molecule has 4 heterocycles. The van der Waals surface area contributed by atoms with E-state index in [0.29, 0.717) is 44.1 Å². The number of hydrogen-bond acceptors (Lipinski definition) is 10. The van der Waals surface area contributed by atoms with Gasteiger partial charge in [-0.2, -0.15) is 10.2 Å². The first-order valence-electron chi connectivity index (χ1n) is 19.2. The van der Waals surface area contributed by atoms with E-state index >= 15 is 0 Å². The van der Waals surface area contributed by atoms with E-state index in [1.165, 1.54) is 7.11 Å². The summed E-state index contributed by atoms with van der Waals surface area (Å²) in [5.74, 6) is 0.197.